The summed E-state index contributed by atoms with van der Waals surface area (Å²) < 4.78 is 5.35. The average molecular weight is 365 g/mol. The van der Waals surface area contributed by atoms with Gasteiger partial charge in [-0.05, 0) is 32.4 Å². The molecule has 26 heavy (non-hydrogen) atoms. The van der Waals surface area contributed by atoms with E-state index in [1.807, 2.05) is 62.4 Å². The highest BCUT2D eigenvalue weighted by molar-refractivity contribution is 7.13. The van der Waals surface area contributed by atoms with Crippen molar-refractivity contribution in [2.75, 3.05) is 0 Å². The van der Waals surface area contributed by atoms with Gasteiger partial charge in [-0.3, -0.25) is 4.79 Å². The smallest absolute Gasteiger partial charge is 0.358 e. The summed E-state index contributed by atoms with van der Waals surface area (Å²) in [4.78, 5) is 29.3. The highest BCUT2D eigenvalue weighted by Gasteiger charge is 2.23. The second-order valence-electron chi connectivity index (χ2n) is 6.13. The molecule has 0 fully saturated rings. The largest absolute Gasteiger partial charge is 0.450 e. The number of rotatable bonds is 5. The molecule has 3 rings (SSSR count). The Labute approximate surface area is 156 Å². The normalized spacial score (nSPS) is 11.8. The zero-order chi connectivity index (χ0) is 18.7. The van der Waals surface area contributed by atoms with Gasteiger partial charge in [0.1, 0.15) is 5.01 Å². The number of thiazole rings is 1. The highest BCUT2D eigenvalue weighted by atomic mass is 32.1. The fourth-order valence-corrected chi connectivity index (χ4v) is 3.37. The standard InChI is InChI=1S/C21H19NO3S/c1-13-9-10-14(2)17(11-13)19(23)15(3)25-21(24)18-12-26-20(22-18)16-7-5-4-6-8-16/h4-12,15H,1-3H3/t15-/m1/s1. The number of carbonyl (C=O) groups excluding carboxylic acids is 2. The Morgan fingerprint density at radius 1 is 1.08 bits per heavy atom. The molecular formula is C21H19NO3S. The Morgan fingerprint density at radius 3 is 2.54 bits per heavy atom. The number of benzene rings is 2. The van der Waals surface area contributed by atoms with Gasteiger partial charge in [-0.1, -0.05) is 48.0 Å². The first-order valence-corrected chi connectivity index (χ1v) is 9.17. The minimum atomic E-state index is -0.870. The Balaban J connectivity index is 1.72. The van der Waals surface area contributed by atoms with E-state index >= 15 is 0 Å². The number of aryl methyl sites for hydroxylation is 2. The highest BCUT2D eigenvalue weighted by Crippen LogP contribution is 2.24. The van der Waals surface area contributed by atoms with Crippen LogP contribution in [0.2, 0.25) is 0 Å². The summed E-state index contributed by atoms with van der Waals surface area (Å²) in [5, 5.41) is 2.39. The van der Waals surface area contributed by atoms with Gasteiger partial charge in [0.25, 0.3) is 0 Å². The lowest BCUT2D eigenvalue weighted by Gasteiger charge is -2.13. The molecule has 0 unspecified atom stereocenters. The van der Waals surface area contributed by atoms with Crippen LogP contribution in [0.1, 0.15) is 38.9 Å². The molecule has 0 aliphatic heterocycles. The maximum atomic E-state index is 12.6. The van der Waals surface area contributed by atoms with Gasteiger partial charge in [0.05, 0.1) is 0 Å². The predicted octanol–water partition coefficient (Wildman–Crippen LogP) is 4.86. The van der Waals surface area contributed by atoms with E-state index in [4.69, 9.17) is 4.74 Å². The molecule has 1 heterocycles. The van der Waals surface area contributed by atoms with Crippen molar-refractivity contribution in [3.63, 3.8) is 0 Å². The van der Waals surface area contributed by atoms with Crippen LogP contribution < -0.4 is 0 Å². The first kappa shape index (κ1) is 18.0. The molecule has 0 spiro atoms. The SMILES string of the molecule is Cc1ccc(C)c(C(=O)[C@@H](C)OC(=O)c2csc(-c3ccccc3)n2)c1. The van der Waals surface area contributed by atoms with Crippen molar-refractivity contribution in [2.45, 2.75) is 26.9 Å². The van der Waals surface area contributed by atoms with E-state index in [2.05, 4.69) is 4.98 Å². The van der Waals surface area contributed by atoms with Crippen LogP contribution in [0.5, 0.6) is 0 Å². The summed E-state index contributed by atoms with van der Waals surface area (Å²) >= 11 is 1.37. The number of esters is 1. The number of nitrogens with zero attached hydrogens (tertiary/aromatic N) is 1. The molecule has 3 aromatic rings. The van der Waals surface area contributed by atoms with E-state index in [0.29, 0.717) is 5.56 Å². The molecule has 0 aliphatic carbocycles. The Hall–Kier alpha value is -2.79. The van der Waals surface area contributed by atoms with E-state index in [-0.39, 0.29) is 11.5 Å². The van der Waals surface area contributed by atoms with Crippen LogP contribution >= 0.6 is 11.3 Å². The van der Waals surface area contributed by atoms with Crippen molar-refractivity contribution in [2.24, 2.45) is 0 Å². The van der Waals surface area contributed by atoms with Gasteiger partial charge in [0.15, 0.2) is 11.8 Å². The summed E-state index contributed by atoms with van der Waals surface area (Å²) in [5.74, 6) is -0.798. The first-order chi connectivity index (χ1) is 12.5. The number of ether oxygens (including phenoxy) is 1. The minimum absolute atomic E-state index is 0.210. The average Bonchev–Trinajstić information content (AvgIpc) is 3.14. The van der Waals surface area contributed by atoms with E-state index in [0.717, 1.165) is 21.7 Å². The van der Waals surface area contributed by atoms with Crippen molar-refractivity contribution >= 4 is 23.1 Å². The molecule has 4 nitrogen and oxygen atoms in total. The number of hydrogen-bond acceptors (Lipinski definition) is 5. The second kappa shape index (κ2) is 7.62. The van der Waals surface area contributed by atoms with Crippen molar-refractivity contribution in [1.82, 2.24) is 4.98 Å². The molecule has 1 aromatic heterocycles. The topological polar surface area (TPSA) is 56.3 Å². The molecule has 0 saturated carbocycles. The molecule has 2 aromatic carbocycles. The molecule has 1 atom stereocenters. The quantitative estimate of drug-likeness (QED) is 0.479. The van der Waals surface area contributed by atoms with Gasteiger partial charge in [0, 0.05) is 16.5 Å². The zero-order valence-corrected chi connectivity index (χ0v) is 15.7. The maximum absolute atomic E-state index is 12.6. The summed E-state index contributed by atoms with van der Waals surface area (Å²) in [5.41, 5.74) is 3.59. The number of Topliss-reactive ketones (excluding diaryl/α,β-unsaturated/α-hetero) is 1. The molecule has 0 bridgehead atoms. The van der Waals surface area contributed by atoms with Gasteiger partial charge in [-0.15, -0.1) is 11.3 Å². The number of carbonyl (C=O) groups is 2. The lowest BCUT2D eigenvalue weighted by atomic mass is 9.99. The van der Waals surface area contributed by atoms with Crippen LogP contribution in [-0.2, 0) is 4.74 Å². The fraction of sp³-hybridized carbons (Fsp3) is 0.190. The Kier molecular flexibility index (Phi) is 5.28. The van der Waals surface area contributed by atoms with Crippen LogP contribution in [0.15, 0.2) is 53.9 Å². The molecule has 0 amide bonds. The molecule has 0 saturated heterocycles. The Bertz CT molecular complexity index is 947. The summed E-state index contributed by atoms with van der Waals surface area (Å²) in [7, 11) is 0. The zero-order valence-electron chi connectivity index (χ0n) is 14.9. The van der Waals surface area contributed by atoms with Crippen molar-refractivity contribution in [3.8, 4) is 10.6 Å². The van der Waals surface area contributed by atoms with Gasteiger partial charge in [-0.25, -0.2) is 9.78 Å². The number of aromatic nitrogens is 1. The van der Waals surface area contributed by atoms with Crippen LogP contribution in [0.25, 0.3) is 10.6 Å². The molecular weight excluding hydrogens is 346 g/mol. The van der Waals surface area contributed by atoms with Crippen LogP contribution in [-0.4, -0.2) is 22.8 Å². The van der Waals surface area contributed by atoms with Crippen LogP contribution in [0.4, 0.5) is 0 Å². The molecule has 0 N–H and O–H groups in total. The van der Waals surface area contributed by atoms with Gasteiger partial charge < -0.3 is 4.74 Å². The maximum Gasteiger partial charge on any atom is 0.358 e. The van der Waals surface area contributed by atoms with E-state index < -0.39 is 12.1 Å². The third-order valence-corrected chi connectivity index (χ3v) is 4.94. The van der Waals surface area contributed by atoms with Crippen molar-refractivity contribution in [3.05, 3.63) is 76.3 Å². The summed E-state index contributed by atoms with van der Waals surface area (Å²) in [6.45, 7) is 5.38. The second-order valence-corrected chi connectivity index (χ2v) is 6.99. The monoisotopic (exact) mass is 365 g/mol. The fourth-order valence-electron chi connectivity index (χ4n) is 2.58. The molecule has 132 valence electrons. The number of hydrogen-bond donors (Lipinski definition) is 0. The van der Waals surface area contributed by atoms with E-state index in [9.17, 15) is 9.59 Å². The third-order valence-electron chi connectivity index (χ3n) is 4.05. The van der Waals surface area contributed by atoms with Gasteiger partial charge >= 0.3 is 5.97 Å². The summed E-state index contributed by atoms with van der Waals surface area (Å²) in [6.07, 6.45) is -0.870. The summed E-state index contributed by atoms with van der Waals surface area (Å²) in [6, 6.07) is 15.3. The van der Waals surface area contributed by atoms with Gasteiger partial charge in [0.2, 0.25) is 5.78 Å². The van der Waals surface area contributed by atoms with Crippen molar-refractivity contribution < 1.29 is 14.3 Å². The lowest BCUT2D eigenvalue weighted by molar-refractivity contribution is 0.0313. The Morgan fingerprint density at radius 2 is 1.81 bits per heavy atom. The predicted molar refractivity (Wildman–Crippen MR) is 103 cm³/mol. The lowest BCUT2D eigenvalue weighted by Crippen LogP contribution is -2.25. The minimum Gasteiger partial charge on any atom is -0.450 e. The van der Waals surface area contributed by atoms with Crippen LogP contribution in [0.3, 0.4) is 0 Å². The van der Waals surface area contributed by atoms with Crippen molar-refractivity contribution in [1.29, 1.82) is 0 Å². The van der Waals surface area contributed by atoms with E-state index in [1.165, 1.54) is 11.3 Å². The molecule has 0 radical (unpaired) electrons. The molecule has 0 aliphatic rings. The van der Waals surface area contributed by atoms with E-state index in [1.54, 1.807) is 12.3 Å². The van der Waals surface area contributed by atoms with Crippen LogP contribution in [0, 0.1) is 13.8 Å². The third kappa shape index (κ3) is 3.89. The first-order valence-electron chi connectivity index (χ1n) is 8.29. The molecule has 5 heteroatoms. The van der Waals surface area contributed by atoms with Gasteiger partial charge in [-0.2, -0.15) is 0 Å². The number of ketones is 1.